The van der Waals surface area contributed by atoms with Crippen LogP contribution < -0.4 is 10.2 Å². The molecule has 0 bridgehead atoms. The Morgan fingerprint density at radius 1 is 0.667 bits per heavy atom. The molecule has 0 unspecified atom stereocenters. The van der Waals surface area contributed by atoms with E-state index in [1.807, 2.05) is 12.1 Å². The highest BCUT2D eigenvalue weighted by atomic mass is 35.5. The van der Waals surface area contributed by atoms with E-state index >= 15 is 0 Å². The van der Waals surface area contributed by atoms with Gasteiger partial charge in [-0.3, -0.25) is 4.90 Å². The molecule has 0 aromatic heterocycles. The number of anilines is 1. The molecule has 3 aromatic rings. The minimum absolute atomic E-state index is 0. The van der Waals surface area contributed by atoms with Gasteiger partial charge in [-0.25, -0.2) is 4.39 Å². The Hall–Kier alpha value is -2.40. The highest BCUT2D eigenvalue weighted by Gasteiger charge is 2.18. The lowest BCUT2D eigenvalue weighted by atomic mass is 10.1. The Balaban J connectivity index is 0.00000256. The van der Waals surface area contributed by atoms with Gasteiger partial charge in [0.1, 0.15) is 5.82 Å². The summed E-state index contributed by atoms with van der Waals surface area (Å²) in [6.07, 6.45) is 0. The molecule has 0 aliphatic carbocycles. The van der Waals surface area contributed by atoms with Crippen LogP contribution >= 0.6 is 12.4 Å². The Labute approximate surface area is 184 Å². The SMILES string of the molecule is Cl.Fc1ccccc1CNCc1ccccc1CN1CCN(c2ccccc2)CC1. The van der Waals surface area contributed by atoms with Crippen LogP contribution in [0.25, 0.3) is 0 Å². The van der Waals surface area contributed by atoms with Gasteiger partial charge in [0.2, 0.25) is 0 Å². The van der Waals surface area contributed by atoms with Gasteiger partial charge >= 0.3 is 0 Å². The summed E-state index contributed by atoms with van der Waals surface area (Å²) in [5, 5.41) is 3.40. The summed E-state index contributed by atoms with van der Waals surface area (Å²) in [4.78, 5) is 4.98. The zero-order chi connectivity index (χ0) is 19.9. The number of para-hydroxylation sites is 1. The van der Waals surface area contributed by atoms with E-state index in [0.717, 1.165) is 39.3 Å². The average Bonchev–Trinajstić information content (AvgIpc) is 2.77. The van der Waals surface area contributed by atoms with Crippen LogP contribution in [0.4, 0.5) is 10.1 Å². The van der Waals surface area contributed by atoms with Gasteiger partial charge in [0.05, 0.1) is 0 Å². The molecule has 3 nitrogen and oxygen atoms in total. The summed E-state index contributed by atoms with van der Waals surface area (Å²) >= 11 is 0. The first-order chi connectivity index (χ1) is 14.3. The number of hydrogen-bond acceptors (Lipinski definition) is 3. The third-order valence-corrected chi connectivity index (χ3v) is 5.59. The molecule has 30 heavy (non-hydrogen) atoms. The molecule has 4 rings (SSSR count). The highest BCUT2D eigenvalue weighted by molar-refractivity contribution is 5.85. The second kappa shape index (κ2) is 11.1. The summed E-state index contributed by atoms with van der Waals surface area (Å²) in [5.41, 5.74) is 4.66. The average molecular weight is 426 g/mol. The smallest absolute Gasteiger partial charge is 0.127 e. The van der Waals surface area contributed by atoms with E-state index < -0.39 is 0 Å². The Bertz CT molecular complexity index is 911. The van der Waals surface area contributed by atoms with E-state index in [-0.39, 0.29) is 18.2 Å². The Morgan fingerprint density at radius 3 is 1.93 bits per heavy atom. The number of hydrogen-bond donors (Lipinski definition) is 1. The number of benzene rings is 3. The van der Waals surface area contributed by atoms with Crippen LogP contribution in [0.15, 0.2) is 78.9 Å². The van der Waals surface area contributed by atoms with Crippen molar-refractivity contribution in [1.82, 2.24) is 10.2 Å². The quantitative estimate of drug-likeness (QED) is 0.583. The van der Waals surface area contributed by atoms with Crippen molar-refractivity contribution >= 4 is 18.1 Å². The molecule has 1 fully saturated rings. The third kappa shape index (κ3) is 5.82. The van der Waals surface area contributed by atoms with Crippen molar-refractivity contribution in [2.45, 2.75) is 19.6 Å². The largest absolute Gasteiger partial charge is 0.369 e. The van der Waals surface area contributed by atoms with Crippen molar-refractivity contribution in [2.75, 3.05) is 31.1 Å². The van der Waals surface area contributed by atoms with Crippen molar-refractivity contribution < 1.29 is 4.39 Å². The summed E-state index contributed by atoms with van der Waals surface area (Å²) in [7, 11) is 0. The van der Waals surface area contributed by atoms with Crippen molar-refractivity contribution in [3.8, 4) is 0 Å². The lowest BCUT2D eigenvalue weighted by molar-refractivity contribution is 0.249. The van der Waals surface area contributed by atoms with E-state index in [1.54, 1.807) is 6.07 Å². The second-order valence-electron chi connectivity index (χ2n) is 7.56. The number of nitrogens with zero attached hydrogens (tertiary/aromatic N) is 2. The van der Waals surface area contributed by atoms with Crippen molar-refractivity contribution in [3.05, 3.63) is 101 Å². The monoisotopic (exact) mass is 425 g/mol. The van der Waals surface area contributed by atoms with Gasteiger partial charge in [0, 0.05) is 57.1 Å². The van der Waals surface area contributed by atoms with Gasteiger partial charge in [-0.05, 0) is 29.3 Å². The van der Waals surface area contributed by atoms with E-state index in [2.05, 4.69) is 69.7 Å². The van der Waals surface area contributed by atoms with Gasteiger partial charge in [-0.15, -0.1) is 12.4 Å². The molecule has 5 heteroatoms. The van der Waals surface area contributed by atoms with E-state index in [4.69, 9.17) is 0 Å². The number of rotatable bonds is 7. The molecule has 3 aromatic carbocycles. The molecular weight excluding hydrogens is 397 g/mol. The Morgan fingerprint density at radius 2 is 1.23 bits per heavy atom. The van der Waals surface area contributed by atoms with Crippen LogP contribution in [0.2, 0.25) is 0 Å². The molecule has 1 aliphatic heterocycles. The predicted octanol–water partition coefficient (Wildman–Crippen LogP) is 4.86. The third-order valence-electron chi connectivity index (χ3n) is 5.59. The normalized spacial score (nSPS) is 14.4. The maximum atomic E-state index is 13.8. The fraction of sp³-hybridized carbons (Fsp3) is 0.280. The molecule has 0 saturated carbocycles. The van der Waals surface area contributed by atoms with Crippen LogP contribution in [0.3, 0.4) is 0 Å². The molecule has 0 atom stereocenters. The lowest BCUT2D eigenvalue weighted by Gasteiger charge is -2.36. The van der Waals surface area contributed by atoms with Crippen LogP contribution in [0, 0.1) is 5.82 Å². The summed E-state index contributed by atoms with van der Waals surface area (Å²) in [6.45, 7) is 6.47. The molecule has 0 amide bonds. The van der Waals surface area contributed by atoms with Gasteiger partial charge in [0.15, 0.2) is 0 Å². The maximum absolute atomic E-state index is 13.8. The second-order valence-corrected chi connectivity index (χ2v) is 7.56. The van der Waals surface area contributed by atoms with E-state index in [1.165, 1.54) is 22.9 Å². The fourth-order valence-corrected chi connectivity index (χ4v) is 3.90. The first-order valence-corrected chi connectivity index (χ1v) is 10.3. The molecule has 158 valence electrons. The van der Waals surface area contributed by atoms with Gasteiger partial charge < -0.3 is 10.2 Å². The predicted molar refractivity (Wildman–Crippen MR) is 125 cm³/mol. The van der Waals surface area contributed by atoms with Crippen LogP contribution in [0.1, 0.15) is 16.7 Å². The molecule has 1 heterocycles. The van der Waals surface area contributed by atoms with Crippen molar-refractivity contribution in [2.24, 2.45) is 0 Å². The fourth-order valence-electron chi connectivity index (χ4n) is 3.90. The minimum atomic E-state index is -0.149. The molecular formula is C25H29ClFN3. The van der Waals surface area contributed by atoms with Gasteiger partial charge in [-0.1, -0.05) is 60.7 Å². The molecule has 1 N–H and O–H groups in total. The minimum Gasteiger partial charge on any atom is -0.369 e. The van der Waals surface area contributed by atoms with Gasteiger partial charge in [0.25, 0.3) is 0 Å². The first-order valence-electron chi connectivity index (χ1n) is 10.3. The van der Waals surface area contributed by atoms with Crippen molar-refractivity contribution in [3.63, 3.8) is 0 Å². The first kappa shape index (κ1) is 22.3. The lowest BCUT2D eigenvalue weighted by Crippen LogP contribution is -2.46. The van der Waals surface area contributed by atoms with Crippen molar-refractivity contribution in [1.29, 1.82) is 0 Å². The standard InChI is InChI=1S/C25H28FN3.ClH/c26-25-13-7-6-9-22(25)19-27-18-21-8-4-5-10-23(21)20-28-14-16-29(17-15-28)24-11-2-1-3-12-24;/h1-13,27H,14-20H2;1H. The number of piperazine rings is 1. The molecule has 1 saturated heterocycles. The van der Waals surface area contributed by atoms with Crippen LogP contribution in [0.5, 0.6) is 0 Å². The van der Waals surface area contributed by atoms with Crippen LogP contribution in [-0.2, 0) is 19.6 Å². The summed E-state index contributed by atoms with van der Waals surface area (Å²) < 4.78 is 13.8. The maximum Gasteiger partial charge on any atom is 0.127 e. The van der Waals surface area contributed by atoms with E-state index in [0.29, 0.717) is 12.1 Å². The summed E-state index contributed by atoms with van der Waals surface area (Å²) in [5.74, 6) is -0.149. The number of halogens is 2. The molecule has 0 spiro atoms. The molecule has 1 aliphatic rings. The van der Waals surface area contributed by atoms with Crippen LogP contribution in [-0.4, -0.2) is 31.1 Å². The zero-order valence-electron chi connectivity index (χ0n) is 17.1. The van der Waals surface area contributed by atoms with Gasteiger partial charge in [-0.2, -0.15) is 0 Å². The van der Waals surface area contributed by atoms with E-state index in [9.17, 15) is 4.39 Å². The Kier molecular flexibility index (Phi) is 8.26. The topological polar surface area (TPSA) is 18.5 Å². The summed E-state index contributed by atoms with van der Waals surface area (Å²) in [6, 6.07) is 26.2. The number of nitrogens with one attached hydrogen (secondary N) is 1. The zero-order valence-corrected chi connectivity index (χ0v) is 18.0. The highest BCUT2D eigenvalue weighted by Crippen LogP contribution is 2.18. The molecule has 0 radical (unpaired) electrons.